The Balaban J connectivity index is 2.11. The molecule has 0 saturated carbocycles. The van der Waals surface area contributed by atoms with Gasteiger partial charge < -0.3 is 5.73 Å². The van der Waals surface area contributed by atoms with Gasteiger partial charge in [-0.25, -0.2) is 8.78 Å². The standard InChI is InChI=1S/C16H18F2N2/c1-2-20(11-13-5-3-4-6-16(13)19)10-12-7-8-14(17)9-15(12)18/h3-9H,2,10-11,19H2,1H3. The van der Waals surface area contributed by atoms with Crippen molar-refractivity contribution < 1.29 is 8.78 Å². The summed E-state index contributed by atoms with van der Waals surface area (Å²) >= 11 is 0. The van der Waals surface area contributed by atoms with Gasteiger partial charge in [0, 0.05) is 30.4 Å². The molecule has 0 amide bonds. The van der Waals surface area contributed by atoms with Crippen molar-refractivity contribution in [2.75, 3.05) is 12.3 Å². The average molecular weight is 276 g/mol. The molecule has 0 spiro atoms. The van der Waals surface area contributed by atoms with E-state index in [1.54, 1.807) is 0 Å². The molecule has 2 N–H and O–H groups in total. The summed E-state index contributed by atoms with van der Waals surface area (Å²) in [4.78, 5) is 2.06. The lowest BCUT2D eigenvalue weighted by Gasteiger charge is -2.21. The maximum absolute atomic E-state index is 13.7. The number of nitrogens with zero attached hydrogens (tertiary/aromatic N) is 1. The number of nitrogen functional groups attached to an aromatic ring is 1. The lowest BCUT2D eigenvalue weighted by molar-refractivity contribution is 0.267. The van der Waals surface area contributed by atoms with Crippen LogP contribution in [0.3, 0.4) is 0 Å². The molecule has 0 heterocycles. The highest BCUT2D eigenvalue weighted by Crippen LogP contribution is 2.17. The van der Waals surface area contributed by atoms with Crippen molar-refractivity contribution in [1.29, 1.82) is 0 Å². The number of para-hydroxylation sites is 1. The summed E-state index contributed by atoms with van der Waals surface area (Å²) < 4.78 is 26.6. The zero-order valence-corrected chi connectivity index (χ0v) is 11.4. The molecule has 2 nitrogen and oxygen atoms in total. The van der Waals surface area contributed by atoms with Crippen molar-refractivity contribution in [2.24, 2.45) is 0 Å². The molecule has 0 saturated heterocycles. The van der Waals surface area contributed by atoms with E-state index in [4.69, 9.17) is 5.73 Å². The van der Waals surface area contributed by atoms with Crippen molar-refractivity contribution in [2.45, 2.75) is 20.0 Å². The van der Waals surface area contributed by atoms with Gasteiger partial charge in [-0.15, -0.1) is 0 Å². The molecule has 0 aliphatic heterocycles. The van der Waals surface area contributed by atoms with Gasteiger partial charge in [0.1, 0.15) is 11.6 Å². The molecule has 0 fully saturated rings. The van der Waals surface area contributed by atoms with Crippen LogP contribution in [0.15, 0.2) is 42.5 Å². The maximum Gasteiger partial charge on any atom is 0.130 e. The molecule has 2 rings (SSSR count). The number of benzene rings is 2. The smallest absolute Gasteiger partial charge is 0.130 e. The third-order valence-electron chi connectivity index (χ3n) is 3.31. The zero-order valence-electron chi connectivity index (χ0n) is 11.4. The Morgan fingerprint density at radius 2 is 1.70 bits per heavy atom. The second-order valence-corrected chi connectivity index (χ2v) is 4.74. The van der Waals surface area contributed by atoms with Gasteiger partial charge in [-0.05, 0) is 24.2 Å². The predicted octanol–water partition coefficient (Wildman–Crippen LogP) is 3.57. The fraction of sp³-hybridized carbons (Fsp3) is 0.250. The van der Waals surface area contributed by atoms with E-state index in [-0.39, 0.29) is 0 Å². The van der Waals surface area contributed by atoms with E-state index in [9.17, 15) is 8.78 Å². The Morgan fingerprint density at radius 1 is 1.00 bits per heavy atom. The molecule has 0 aromatic heterocycles. The van der Waals surface area contributed by atoms with Gasteiger partial charge in [0.2, 0.25) is 0 Å². The number of nitrogens with two attached hydrogens (primary N) is 1. The third-order valence-corrected chi connectivity index (χ3v) is 3.31. The normalized spacial score (nSPS) is 11.0. The summed E-state index contributed by atoms with van der Waals surface area (Å²) in [5, 5.41) is 0. The Labute approximate surface area is 117 Å². The fourth-order valence-corrected chi connectivity index (χ4v) is 2.09. The van der Waals surface area contributed by atoms with E-state index < -0.39 is 11.6 Å². The van der Waals surface area contributed by atoms with Crippen LogP contribution in [0.25, 0.3) is 0 Å². The number of hydrogen-bond acceptors (Lipinski definition) is 2. The lowest BCUT2D eigenvalue weighted by atomic mass is 10.1. The molecule has 106 valence electrons. The first-order valence-corrected chi connectivity index (χ1v) is 6.59. The predicted molar refractivity (Wildman–Crippen MR) is 77.0 cm³/mol. The van der Waals surface area contributed by atoms with Crippen LogP contribution in [0.5, 0.6) is 0 Å². The first-order valence-electron chi connectivity index (χ1n) is 6.59. The molecule has 20 heavy (non-hydrogen) atoms. The molecule has 0 atom stereocenters. The quantitative estimate of drug-likeness (QED) is 0.846. The van der Waals surface area contributed by atoms with Crippen molar-refractivity contribution in [3.63, 3.8) is 0 Å². The highest BCUT2D eigenvalue weighted by molar-refractivity contribution is 5.46. The van der Waals surface area contributed by atoms with Crippen LogP contribution in [0.2, 0.25) is 0 Å². The lowest BCUT2D eigenvalue weighted by Crippen LogP contribution is -2.23. The van der Waals surface area contributed by atoms with Gasteiger partial charge in [0.25, 0.3) is 0 Å². The van der Waals surface area contributed by atoms with Gasteiger partial charge in [0.15, 0.2) is 0 Å². The number of halogens is 2. The number of anilines is 1. The molecule has 0 aliphatic carbocycles. The van der Waals surface area contributed by atoms with Crippen molar-refractivity contribution in [3.8, 4) is 0 Å². The van der Waals surface area contributed by atoms with Gasteiger partial charge in [0.05, 0.1) is 0 Å². The molecule has 2 aromatic carbocycles. The minimum atomic E-state index is -0.554. The van der Waals surface area contributed by atoms with E-state index in [1.165, 1.54) is 12.1 Å². The van der Waals surface area contributed by atoms with E-state index in [0.717, 1.165) is 23.9 Å². The molecule has 0 radical (unpaired) electrons. The number of hydrogen-bond donors (Lipinski definition) is 1. The van der Waals surface area contributed by atoms with Crippen LogP contribution >= 0.6 is 0 Å². The van der Waals surface area contributed by atoms with Gasteiger partial charge in [-0.3, -0.25) is 4.90 Å². The highest BCUT2D eigenvalue weighted by Gasteiger charge is 2.10. The van der Waals surface area contributed by atoms with E-state index in [1.807, 2.05) is 31.2 Å². The summed E-state index contributed by atoms with van der Waals surface area (Å²) in [6.07, 6.45) is 0. The van der Waals surface area contributed by atoms with E-state index in [0.29, 0.717) is 18.7 Å². The Hall–Kier alpha value is -1.94. The average Bonchev–Trinajstić information content (AvgIpc) is 2.43. The van der Waals surface area contributed by atoms with Crippen molar-refractivity contribution >= 4 is 5.69 Å². The van der Waals surface area contributed by atoms with Crippen LogP contribution in [0, 0.1) is 11.6 Å². The second kappa shape index (κ2) is 6.48. The van der Waals surface area contributed by atoms with Gasteiger partial charge in [-0.1, -0.05) is 31.2 Å². The zero-order chi connectivity index (χ0) is 14.5. The Bertz CT molecular complexity index is 584. The van der Waals surface area contributed by atoms with Crippen LogP contribution in [0.1, 0.15) is 18.1 Å². The van der Waals surface area contributed by atoms with Crippen LogP contribution in [-0.4, -0.2) is 11.4 Å². The van der Waals surface area contributed by atoms with Crippen LogP contribution in [0.4, 0.5) is 14.5 Å². The van der Waals surface area contributed by atoms with Crippen molar-refractivity contribution in [3.05, 3.63) is 65.2 Å². The summed E-state index contributed by atoms with van der Waals surface area (Å²) in [5.74, 6) is -1.06. The Morgan fingerprint density at radius 3 is 2.35 bits per heavy atom. The summed E-state index contributed by atoms with van der Waals surface area (Å²) in [6.45, 7) is 3.82. The van der Waals surface area contributed by atoms with Crippen molar-refractivity contribution in [1.82, 2.24) is 4.90 Å². The Kier molecular flexibility index (Phi) is 4.69. The van der Waals surface area contributed by atoms with Crippen LogP contribution < -0.4 is 5.73 Å². The third kappa shape index (κ3) is 3.54. The molecule has 0 aliphatic rings. The minimum absolute atomic E-state index is 0.428. The molecular formula is C16H18F2N2. The number of rotatable bonds is 5. The summed E-state index contributed by atoms with van der Waals surface area (Å²) in [6, 6.07) is 11.3. The fourth-order valence-electron chi connectivity index (χ4n) is 2.09. The second-order valence-electron chi connectivity index (χ2n) is 4.74. The maximum atomic E-state index is 13.7. The monoisotopic (exact) mass is 276 g/mol. The molecule has 0 bridgehead atoms. The largest absolute Gasteiger partial charge is 0.398 e. The van der Waals surface area contributed by atoms with E-state index >= 15 is 0 Å². The first kappa shape index (κ1) is 14.5. The SMILES string of the molecule is CCN(Cc1ccccc1N)Cc1ccc(F)cc1F. The van der Waals surface area contributed by atoms with Gasteiger partial charge >= 0.3 is 0 Å². The molecule has 2 aromatic rings. The van der Waals surface area contributed by atoms with Gasteiger partial charge in [-0.2, -0.15) is 0 Å². The highest BCUT2D eigenvalue weighted by atomic mass is 19.1. The first-order chi connectivity index (χ1) is 9.60. The van der Waals surface area contributed by atoms with E-state index in [2.05, 4.69) is 4.90 Å². The molecule has 4 heteroatoms. The molecular weight excluding hydrogens is 258 g/mol. The minimum Gasteiger partial charge on any atom is -0.398 e. The molecule has 0 unspecified atom stereocenters. The summed E-state index contributed by atoms with van der Waals surface area (Å²) in [5.41, 5.74) is 8.14. The summed E-state index contributed by atoms with van der Waals surface area (Å²) in [7, 11) is 0. The van der Waals surface area contributed by atoms with Crippen LogP contribution in [-0.2, 0) is 13.1 Å². The topological polar surface area (TPSA) is 29.3 Å².